The lowest BCUT2D eigenvalue weighted by Crippen LogP contribution is -2.45. The van der Waals surface area contributed by atoms with Crippen LogP contribution >= 0.6 is 12.2 Å². The third-order valence-electron chi connectivity index (χ3n) is 0.683. The van der Waals surface area contributed by atoms with Crippen molar-refractivity contribution < 1.29 is 4.84 Å². The molecule has 0 heterocycles. The van der Waals surface area contributed by atoms with Gasteiger partial charge in [0.25, 0.3) is 0 Å². The van der Waals surface area contributed by atoms with E-state index >= 15 is 0 Å². The Hall–Kier alpha value is -0.350. The van der Waals surface area contributed by atoms with Crippen LogP contribution in [0.15, 0.2) is 0 Å². The molecule has 0 unspecified atom stereocenters. The second-order valence-corrected chi connectivity index (χ2v) is 3.42. The maximum Gasteiger partial charge on any atom is 0.190 e. The summed E-state index contributed by atoms with van der Waals surface area (Å²) >= 11 is 4.85. The van der Waals surface area contributed by atoms with Gasteiger partial charge in [-0.05, 0) is 33.0 Å². The molecule has 0 amide bonds. The maximum absolute atomic E-state index is 4.85. The average molecular weight is 162 g/mol. The largest absolute Gasteiger partial charge is 0.356 e. The van der Waals surface area contributed by atoms with Crippen molar-refractivity contribution in [3.05, 3.63) is 0 Å². The molecular formula is C6H14N2OS. The summed E-state index contributed by atoms with van der Waals surface area (Å²) < 4.78 is 0. The van der Waals surface area contributed by atoms with Crippen LogP contribution in [0.4, 0.5) is 0 Å². The molecule has 0 aromatic rings. The van der Waals surface area contributed by atoms with Gasteiger partial charge in [-0.15, -0.1) is 0 Å². The molecule has 0 aliphatic heterocycles. The Labute approximate surface area is 67.1 Å². The highest BCUT2D eigenvalue weighted by Crippen LogP contribution is 1.97. The smallest absolute Gasteiger partial charge is 0.190 e. The Bertz CT molecular complexity index is 119. The second-order valence-electron chi connectivity index (χ2n) is 3.01. The predicted octanol–water partition coefficient (Wildman–Crippen LogP) is 0.810. The fraction of sp³-hybridized carbons (Fsp3) is 0.833. The summed E-state index contributed by atoms with van der Waals surface area (Å²) in [5.41, 5.74) is 2.51. The van der Waals surface area contributed by atoms with Gasteiger partial charge in [0.15, 0.2) is 5.11 Å². The molecule has 0 aliphatic carbocycles. The van der Waals surface area contributed by atoms with Crippen molar-refractivity contribution in [2.24, 2.45) is 0 Å². The van der Waals surface area contributed by atoms with Gasteiger partial charge in [-0.2, -0.15) is 0 Å². The Morgan fingerprint density at radius 2 is 1.90 bits per heavy atom. The van der Waals surface area contributed by atoms with Gasteiger partial charge in [-0.1, -0.05) is 0 Å². The highest BCUT2D eigenvalue weighted by Gasteiger charge is 2.09. The highest BCUT2D eigenvalue weighted by molar-refractivity contribution is 7.80. The standard InChI is InChI=1S/C6H14N2OS/c1-6(2,3)7-5(10)8-9-4/h1-4H3,(H2,7,8,10). The molecule has 0 rings (SSSR count). The van der Waals surface area contributed by atoms with Crippen molar-refractivity contribution in [3.63, 3.8) is 0 Å². The monoisotopic (exact) mass is 162 g/mol. The lowest BCUT2D eigenvalue weighted by atomic mass is 10.1. The molecule has 0 spiro atoms. The zero-order chi connectivity index (χ0) is 8.20. The number of hydrogen-bond donors (Lipinski definition) is 2. The van der Waals surface area contributed by atoms with E-state index in [2.05, 4.69) is 15.6 Å². The van der Waals surface area contributed by atoms with Crippen LogP contribution in [-0.2, 0) is 4.84 Å². The summed E-state index contributed by atoms with van der Waals surface area (Å²) in [5, 5.41) is 3.52. The molecule has 0 aromatic carbocycles. The van der Waals surface area contributed by atoms with Gasteiger partial charge >= 0.3 is 0 Å². The molecule has 0 fully saturated rings. The first-order valence-electron chi connectivity index (χ1n) is 3.07. The third-order valence-corrected chi connectivity index (χ3v) is 0.869. The predicted molar refractivity (Wildman–Crippen MR) is 45.6 cm³/mol. The highest BCUT2D eigenvalue weighted by atomic mass is 32.1. The molecule has 10 heavy (non-hydrogen) atoms. The van der Waals surface area contributed by atoms with Crippen LogP contribution in [0.2, 0.25) is 0 Å². The number of rotatable bonds is 1. The molecular weight excluding hydrogens is 148 g/mol. The SMILES string of the molecule is CONC(=S)NC(C)(C)C. The van der Waals surface area contributed by atoms with E-state index in [9.17, 15) is 0 Å². The van der Waals surface area contributed by atoms with E-state index in [0.29, 0.717) is 5.11 Å². The summed E-state index contributed by atoms with van der Waals surface area (Å²) in [4.78, 5) is 4.60. The van der Waals surface area contributed by atoms with Crippen LogP contribution in [0.3, 0.4) is 0 Å². The Kier molecular flexibility index (Phi) is 3.60. The first-order valence-corrected chi connectivity index (χ1v) is 3.47. The minimum absolute atomic E-state index is 0.0113. The zero-order valence-corrected chi connectivity index (χ0v) is 7.63. The Morgan fingerprint density at radius 3 is 2.20 bits per heavy atom. The van der Waals surface area contributed by atoms with Crippen LogP contribution < -0.4 is 10.8 Å². The fourth-order valence-electron chi connectivity index (χ4n) is 0.459. The molecule has 0 bridgehead atoms. The van der Waals surface area contributed by atoms with Crippen molar-refractivity contribution in [2.75, 3.05) is 7.11 Å². The Morgan fingerprint density at radius 1 is 1.40 bits per heavy atom. The average Bonchev–Trinajstić information content (AvgIpc) is 1.59. The molecule has 2 N–H and O–H groups in total. The van der Waals surface area contributed by atoms with Crippen LogP contribution in [0.25, 0.3) is 0 Å². The normalized spacial score (nSPS) is 10.8. The van der Waals surface area contributed by atoms with Crippen molar-refractivity contribution in [1.82, 2.24) is 10.8 Å². The van der Waals surface area contributed by atoms with E-state index in [0.717, 1.165) is 0 Å². The van der Waals surface area contributed by atoms with Gasteiger partial charge in [0.05, 0.1) is 7.11 Å². The van der Waals surface area contributed by atoms with Crippen LogP contribution in [0, 0.1) is 0 Å². The van der Waals surface area contributed by atoms with E-state index in [1.54, 1.807) is 0 Å². The number of nitrogens with one attached hydrogen (secondary N) is 2. The van der Waals surface area contributed by atoms with Crippen LogP contribution in [-0.4, -0.2) is 17.8 Å². The molecule has 0 aromatic heterocycles. The van der Waals surface area contributed by atoms with Gasteiger partial charge in [-0.25, -0.2) is 5.48 Å². The third kappa shape index (κ3) is 5.78. The quantitative estimate of drug-likeness (QED) is 0.441. The lowest BCUT2D eigenvalue weighted by molar-refractivity contribution is 0.142. The summed E-state index contributed by atoms with van der Waals surface area (Å²) in [6.07, 6.45) is 0. The van der Waals surface area contributed by atoms with E-state index in [-0.39, 0.29) is 5.54 Å². The topological polar surface area (TPSA) is 33.3 Å². The molecule has 0 atom stereocenters. The van der Waals surface area contributed by atoms with Gasteiger partial charge < -0.3 is 5.32 Å². The summed E-state index contributed by atoms with van der Waals surface area (Å²) in [5.74, 6) is 0. The van der Waals surface area contributed by atoms with Crippen molar-refractivity contribution in [2.45, 2.75) is 26.3 Å². The molecule has 0 radical (unpaired) electrons. The lowest BCUT2D eigenvalue weighted by Gasteiger charge is -2.21. The van der Waals surface area contributed by atoms with E-state index in [1.165, 1.54) is 7.11 Å². The number of thiocarbonyl (C=S) groups is 1. The van der Waals surface area contributed by atoms with Gasteiger partial charge in [-0.3, -0.25) is 4.84 Å². The minimum Gasteiger partial charge on any atom is -0.356 e. The first kappa shape index (κ1) is 9.65. The van der Waals surface area contributed by atoms with Crippen molar-refractivity contribution >= 4 is 17.3 Å². The summed E-state index contributed by atoms with van der Waals surface area (Å²) in [6, 6.07) is 0. The molecule has 0 saturated carbocycles. The molecule has 0 saturated heterocycles. The second kappa shape index (κ2) is 3.73. The Balaban J connectivity index is 3.58. The van der Waals surface area contributed by atoms with Crippen LogP contribution in [0.5, 0.6) is 0 Å². The minimum atomic E-state index is -0.0113. The van der Waals surface area contributed by atoms with Gasteiger partial charge in [0, 0.05) is 5.54 Å². The molecule has 0 aliphatic rings. The van der Waals surface area contributed by atoms with Gasteiger partial charge in [0.1, 0.15) is 0 Å². The maximum atomic E-state index is 4.85. The van der Waals surface area contributed by atoms with Crippen LogP contribution in [0.1, 0.15) is 20.8 Å². The first-order chi connectivity index (χ1) is 4.45. The molecule has 3 nitrogen and oxygen atoms in total. The van der Waals surface area contributed by atoms with Gasteiger partial charge in [0.2, 0.25) is 0 Å². The summed E-state index contributed by atoms with van der Waals surface area (Å²) in [7, 11) is 1.52. The molecule has 4 heteroatoms. The zero-order valence-electron chi connectivity index (χ0n) is 6.82. The van der Waals surface area contributed by atoms with E-state index in [4.69, 9.17) is 12.2 Å². The molecule has 60 valence electrons. The van der Waals surface area contributed by atoms with Crippen molar-refractivity contribution in [1.29, 1.82) is 0 Å². The fourth-order valence-corrected chi connectivity index (χ4v) is 0.848. The van der Waals surface area contributed by atoms with Crippen molar-refractivity contribution in [3.8, 4) is 0 Å². The van der Waals surface area contributed by atoms with E-state index < -0.39 is 0 Å². The van der Waals surface area contributed by atoms with E-state index in [1.807, 2.05) is 20.8 Å². The number of hydrogen-bond acceptors (Lipinski definition) is 2. The summed E-state index contributed by atoms with van der Waals surface area (Å²) in [6.45, 7) is 6.07. The number of hydroxylamine groups is 1.